The third kappa shape index (κ3) is 3.54. The van der Waals surface area contributed by atoms with Gasteiger partial charge >= 0.3 is 0 Å². The van der Waals surface area contributed by atoms with Gasteiger partial charge in [-0.25, -0.2) is 0 Å². The molecule has 0 saturated carbocycles. The summed E-state index contributed by atoms with van der Waals surface area (Å²) in [4.78, 5) is 16.0. The summed E-state index contributed by atoms with van der Waals surface area (Å²) in [6.45, 7) is 4.59. The molecule has 1 saturated heterocycles. The minimum atomic E-state index is 0.204. The monoisotopic (exact) mass is 251 g/mol. The first-order valence-electron chi connectivity index (χ1n) is 6.31. The van der Waals surface area contributed by atoms with E-state index in [9.17, 15) is 4.79 Å². The molecule has 6 nitrogen and oxygen atoms in total. The Morgan fingerprint density at radius 1 is 1.50 bits per heavy atom. The molecule has 100 valence electrons. The largest absolute Gasteiger partial charge is 0.339 e. The summed E-state index contributed by atoms with van der Waals surface area (Å²) >= 11 is 0. The number of rotatable bonds is 4. The summed E-state index contributed by atoms with van der Waals surface area (Å²) in [5.74, 6) is 0.204. The van der Waals surface area contributed by atoms with Gasteiger partial charge in [-0.2, -0.15) is 5.10 Å². The molecule has 1 aliphatic rings. The summed E-state index contributed by atoms with van der Waals surface area (Å²) in [5, 5.41) is 7.56. The Balaban J connectivity index is 1.79. The van der Waals surface area contributed by atoms with Crippen LogP contribution in [0.3, 0.4) is 0 Å². The van der Waals surface area contributed by atoms with Gasteiger partial charge in [0.1, 0.15) is 0 Å². The van der Waals surface area contributed by atoms with Crippen molar-refractivity contribution < 1.29 is 4.79 Å². The highest BCUT2D eigenvalue weighted by Gasteiger charge is 2.17. The van der Waals surface area contributed by atoms with Crippen molar-refractivity contribution in [3.63, 3.8) is 0 Å². The van der Waals surface area contributed by atoms with E-state index in [2.05, 4.69) is 10.4 Å². The van der Waals surface area contributed by atoms with E-state index in [1.54, 1.807) is 4.68 Å². The predicted octanol–water partition coefficient (Wildman–Crippen LogP) is -0.716. The Morgan fingerprint density at radius 2 is 2.22 bits per heavy atom. The van der Waals surface area contributed by atoms with Gasteiger partial charge in [-0.15, -0.1) is 0 Å². The first-order chi connectivity index (χ1) is 8.65. The number of nitrogens with one attached hydrogen (secondary N) is 1. The number of aromatic nitrogens is 2. The smallest absolute Gasteiger partial charge is 0.236 e. The Hall–Kier alpha value is -1.40. The summed E-state index contributed by atoms with van der Waals surface area (Å²) in [6.07, 6.45) is 1.92. The lowest BCUT2D eigenvalue weighted by Gasteiger charge is -2.29. The third-order valence-electron chi connectivity index (χ3n) is 3.08. The van der Waals surface area contributed by atoms with E-state index >= 15 is 0 Å². The topological polar surface area (TPSA) is 53.4 Å². The van der Waals surface area contributed by atoms with Crippen LogP contribution in [0.25, 0.3) is 0 Å². The van der Waals surface area contributed by atoms with Crippen LogP contribution < -0.4 is 5.32 Å². The average Bonchev–Trinajstić information content (AvgIpc) is 2.75. The van der Waals surface area contributed by atoms with E-state index in [1.807, 2.05) is 36.2 Å². The molecular formula is C12H21N5O. The maximum Gasteiger partial charge on any atom is 0.236 e. The van der Waals surface area contributed by atoms with Gasteiger partial charge in [0.25, 0.3) is 0 Å². The molecular weight excluding hydrogens is 230 g/mol. The number of aryl methyl sites for hydroxylation is 1. The highest BCUT2D eigenvalue weighted by atomic mass is 16.2. The van der Waals surface area contributed by atoms with Crippen molar-refractivity contribution in [2.24, 2.45) is 7.05 Å². The number of piperazine rings is 1. The molecule has 0 aromatic carbocycles. The molecule has 1 fully saturated rings. The minimum absolute atomic E-state index is 0.204. The molecule has 2 heterocycles. The van der Waals surface area contributed by atoms with E-state index in [0.29, 0.717) is 13.1 Å². The number of amides is 1. The fourth-order valence-electron chi connectivity index (χ4n) is 2.13. The maximum atomic E-state index is 12.0. The number of likely N-dealkylation sites (N-methyl/N-ethyl adjacent to an activating group) is 1. The second kappa shape index (κ2) is 5.97. The molecule has 0 bridgehead atoms. The molecule has 1 aromatic heterocycles. The second-order valence-electron chi connectivity index (χ2n) is 4.78. The van der Waals surface area contributed by atoms with Crippen molar-refractivity contribution in [3.8, 4) is 0 Å². The van der Waals surface area contributed by atoms with E-state index < -0.39 is 0 Å². The molecule has 0 radical (unpaired) electrons. The Kier molecular flexibility index (Phi) is 4.33. The molecule has 0 spiro atoms. The molecule has 18 heavy (non-hydrogen) atoms. The van der Waals surface area contributed by atoms with Crippen LogP contribution in [0, 0.1) is 0 Å². The first-order valence-corrected chi connectivity index (χ1v) is 6.31. The zero-order chi connectivity index (χ0) is 13.0. The lowest BCUT2D eigenvalue weighted by molar-refractivity contribution is -0.132. The number of carbonyl (C=O) groups excluding carboxylic acids is 1. The van der Waals surface area contributed by atoms with Gasteiger partial charge < -0.3 is 10.2 Å². The quantitative estimate of drug-likeness (QED) is 0.767. The third-order valence-corrected chi connectivity index (χ3v) is 3.08. The van der Waals surface area contributed by atoms with Crippen LogP contribution in [-0.2, 0) is 18.4 Å². The highest BCUT2D eigenvalue weighted by molar-refractivity contribution is 5.78. The van der Waals surface area contributed by atoms with Gasteiger partial charge in [-0.3, -0.25) is 14.4 Å². The Bertz CT molecular complexity index is 397. The van der Waals surface area contributed by atoms with E-state index in [4.69, 9.17) is 0 Å². The Morgan fingerprint density at radius 3 is 2.83 bits per heavy atom. The van der Waals surface area contributed by atoms with Gasteiger partial charge in [-0.1, -0.05) is 0 Å². The van der Waals surface area contributed by atoms with Crippen molar-refractivity contribution in [3.05, 3.63) is 18.0 Å². The fourth-order valence-corrected chi connectivity index (χ4v) is 2.13. The second-order valence-corrected chi connectivity index (χ2v) is 4.78. The van der Waals surface area contributed by atoms with Crippen molar-refractivity contribution in [1.82, 2.24) is 24.9 Å². The van der Waals surface area contributed by atoms with Gasteiger partial charge in [0.05, 0.1) is 12.2 Å². The van der Waals surface area contributed by atoms with E-state index in [1.165, 1.54) is 0 Å². The lowest BCUT2D eigenvalue weighted by Crippen LogP contribution is -2.49. The molecule has 6 heteroatoms. The summed E-state index contributed by atoms with van der Waals surface area (Å²) in [7, 11) is 3.85. The molecule has 1 N–H and O–H groups in total. The highest BCUT2D eigenvalue weighted by Crippen LogP contribution is 2.01. The molecule has 1 aromatic rings. The predicted molar refractivity (Wildman–Crippen MR) is 69.0 cm³/mol. The number of nitrogens with zero attached hydrogens (tertiary/aromatic N) is 4. The molecule has 0 aliphatic carbocycles. The van der Waals surface area contributed by atoms with E-state index in [-0.39, 0.29) is 5.91 Å². The summed E-state index contributed by atoms with van der Waals surface area (Å²) < 4.78 is 1.78. The van der Waals surface area contributed by atoms with Crippen LogP contribution in [0.5, 0.6) is 0 Å². The normalized spacial score (nSPS) is 16.3. The van der Waals surface area contributed by atoms with Gasteiger partial charge in [0.2, 0.25) is 5.91 Å². The molecule has 0 unspecified atom stereocenters. The zero-order valence-electron chi connectivity index (χ0n) is 11.1. The lowest BCUT2D eigenvalue weighted by atomic mass is 10.3. The van der Waals surface area contributed by atoms with Gasteiger partial charge in [-0.05, 0) is 13.1 Å². The van der Waals surface area contributed by atoms with Crippen molar-refractivity contribution in [2.75, 3.05) is 39.8 Å². The first kappa shape index (κ1) is 13.0. The minimum Gasteiger partial charge on any atom is -0.339 e. The molecule has 1 amide bonds. The molecule has 2 rings (SSSR count). The maximum absolute atomic E-state index is 12.0. The van der Waals surface area contributed by atoms with Crippen molar-refractivity contribution >= 4 is 5.91 Å². The van der Waals surface area contributed by atoms with Crippen LogP contribution >= 0.6 is 0 Å². The average molecular weight is 251 g/mol. The zero-order valence-corrected chi connectivity index (χ0v) is 11.1. The van der Waals surface area contributed by atoms with Crippen molar-refractivity contribution in [2.45, 2.75) is 6.54 Å². The van der Waals surface area contributed by atoms with E-state index in [0.717, 1.165) is 31.9 Å². The van der Waals surface area contributed by atoms with Crippen LogP contribution in [0.4, 0.5) is 0 Å². The SMILES string of the molecule is CN(CC(=O)N1CCNCC1)Cc1ccn(C)n1. The number of hydrogen-bond acceptors (Lipinski definition) is 4. The van der Waals surface area contributed by atoms with Crippen molar-refractivity contribution in [1.29, 1.82) is 0 Å². The summed E-state index contributed by atoms with van der Waals surface area (Å²) in [5.41, 5.74) is 0.994. The standard InChI is InChI=1S/C12H21N5O/c1-15(9-11-3-6-16(2)14-11)10-12(18)17-7-4-13-5-8-17/h3,6,13H,4-5,7-10H2,1-2H3. The number of hydrogen-bond donors (Lipinski definition) is 1. The van der Waals surface area contributed by atoms with Gasteiger partial charge in [0, 0.05) is 46.0 Å². The number of carbonyl (C=O) groups is 1. The van der Waals surface area contributed by atoms with Crippen LogP contribution in [0.15, 0.2) is 12.3 Å². The van der Waals surface area contributed by atoms with Gasteiger partial charge in [0.15, 0.2) is 0 Å². The van der Waals surface area contributed by atoms with Crippen LogP contribution in [-0.4, -0.2) is 65.3 Å². The summed E-state index contributed by atoms with van der Waals surface area (Å²) in [6, 6.07) is 1.98. The molecule has 0 atom stereocenters. The van der Waals surface area contributed by atoms with Crippen LogP contribution in [0.1, 0.15) is 5.69 Å². The molecule has 1 aliphatic heterocycles. The van der Waals surface area contributed by atoms with Crippen LogP contribution in [0.2, 0.25) is 0 Å². The fraction of sp³-hybridized carbons (Fsp3) is 0.667. The Labute approximate surface area is 108 Å².